The molecular weight excluding hydrogens is 370 g/mol. The number of benzene rings is 2. The SMILES string of the molecule is CC1CCc2c(ccc(C(C=NC3CC3)=CN)c2Oc2ccccc2Cl)N1C. The van der Waals surface area contributed by atoms with Crippen LogP contribution in [0.2, 0.25) is 5.02 Å². The highest BCUT2D eigenvalue weighted by Crippen LogP contribution is 2.43. The van der Waals surface area contributed by atoms with Crippen molar-refractivity contribution in [2.45, 2.75) is 44.7 Å². The van der Waals surface area contributed by atoms with Gasteiger partial charge in [-0.3, -0.25) is 4.99 Å². The van der Waals surface area contributed by atoms with Crippen LogP contribution in [0, 0.1) is 0 Å². The van der Waals surface area contributed by atoms with Gasteiger partial charge in [-0.2, -0.15) is 0 Å². The summed E-state index contributed by atoms with van der Waals surface area (Å²) in [5.74, 6) is 1.47. The Morgan fingerprint density at radius 1 is 1.21 bits per heavy atom. The predicted molar refractivity (Wildman–Crippen MR) is 118 cm³/mol. The minimum atomic E-state index is 0.437. The molecule has 146 valence electrons. The van der Waals surface area contributed by atoms with Crippen LogP contribution in [0.5, 0.6) is 11.5 Å². The van der Waals surface area contributed by atoms with Crippen molar-refractivity contribution in [2.24, 2.45) is 10.7 Å². The molecule has 2 N–H and O–H groups in total. The first-order valence-corrected chi connectivity index (χ1v) is 10.2. The molecule has 0 spiro atoms. The summed E-state index contributed by atoms with van der Waals surface area (Å²) in [7, 11) is 2.13. The second-order valence-corrected chi connectivity index (χ2v) is 8.01. The Bertz CT molecular complexity index is 933. The minimum Gasteiger partial charge on any atom is -0.455 e. The minimum absolute atomic E-state index is 0.437. The highest BCUT2D eigenvalue weighted by molar-refractivity contribution is 6.32. The smallest absolute Gasteiger partial charge is 0.146 e. The maximum absolute atomic E-state index is 6.41. The third-order valence-electron chi connectivity index (χ3n) is 5.60. The standard InChI is InChI=1S/C23H26ClN3O/c1-15-7-10-19-21(27(15)2)12-11-18(16(13-25)14-26-17-8-9-17)23(19)28-22-6-4-3-5-20(22)24/h3-6,11-15,17H,7-10,25H2,1-2H3. The Morgan fingerprint density at radius 2 is 2.00 bits per heavy atom. The van der Waals surface area contributed by atoms with E-state index in [1.807, 2.05) is 30.5 Å². The molecule has 1 atom stereocenters. The Balaban J connectivity index is 1.82. The van der Waals surface area contributed by atoms with Crippen LogP contribution in [0.15, 0.2) is 47.6 Å². The lowest BCUT2D eigenvalue weighted by atomic mass is 9.92. The van der Waals surface area contributed by atoms with Gasteiger partial charge in [0, 0.05) is 47.9 Å². The molecule has 0 aromatic heterocycles. The van der Waals surface area contributed by atoms with Gasteiger partial charge in [-0.15, -0.1) is 0 Å². The number of nitrogens with two attached hydrogens (primary N) is 1. The fourth-order valence-electron chi connectivity index (χ4n) is 3.57. The van der Waals surface area contributed by atoms with Crippen LogP contribution < -0.4 is 15.4 Å². The monoisotopic (exact) mass is 395 g/mol. The number of rotatable bonds is 5. The molecule has 28 heavy (non-hydrogen) atoms. The highest BCUT2D eigenvalue weighted by atomic mass is 35.5. The van der Waals surface area contributed by atoms with Crippen molar-refractivity contribution in [2.75, 3.05) is 11.9 Å². The number of fused-ring (bicyclic) bond motifs is 1. The van der Waals surface area contributed by atoms with Gasteiger partial charge in [0.2, 0.25) is 0 Å². The Morgan fingerprint density at radius 3 is 2.71 bits per heavy atom. The Labute approximate surface area is 171 Å². The molecule has 0 saturated heterocycles. The summed E-state index contributed by atoms with van der Waals surface area (Å²) < 4.78 is 6.41. The third-order valence-corrected chi connectivity index (χ3v) is 5.91. The number of hydrogen-bond acceptors (Lipinski definition) is 4. The van der Waals surface area contributed by atoms with E-state index in [2.05, 4.69) is 36.0 Å². The summed E-state index contributed by atoms with van der Waals surface area (Å²) in [5, 5.41) is 0.591. The van der Waals surface area contributed by atoms with Crippen LogP contribution in [0.3, 0.4) is 0 Å². The maximum atomic E-state index is 6.41. The van der Waals surface area contributed by atoms with E-state index in [4.69, 9.17) is 22.1 Å². The van der Waals surface area contributed by atoms with E-state index in [1.165, 1.54) is 11.3 Å². The molecule has 1 saturated carbocycles. The van der Waals surface area contributed by atoms with Gasteiger partial charge in [0.25, 0.3) is 0 Å². The Hall–Kier alpha value is -2.46. The van der Waals surface area contributed by atoms with Crippen molar-refractivity contribution >= 4 is 29.1 Å². The molecule has 0 radical (unpaired) electrons. The molecule has 2 aromatic rings. The van der Waals surface area contributed by atoms with Crippen molar-refractivity contribution in [3.8, 4) is 11.5 Å². The molecule has 4 rings (SSSR count). The summed E-state index contributed by atoms with van der Waals surface area (Å²) in [5.41, 5.74) is 10.2. The molecule has 0 amide bonds. The van der Waals surface area contributed by atoms with Gasteiger partial charge in [0.05, 0.1) is 11.1 Å². The number of anilines is 1. The molecule has 1 aliphatic heterocycles. The molecule has 5 heteroatoms. The summed E-state index contributed by atoms with van der Waals surface area (Å²) in [6.45, 7) is 2.25. The van der Waals surface area contributed by atoms with Gasteiger partial charge in [0.15, 0.2) is 0 Å². The molecule has 1 fully saturated rings. The van der Waals surface area contributed by atoms with Gasteiger partial charge in [-0.1, -0.05) is 23.7 Å². The second kappa shape index (κ2) is 7.88. The molecule has 1 heterocycles. The quantitative estimate of drug-likeness (QED) is 0.686. The zero-order chi connectivity index (χ0) is 19.7. The van der Waals surface area contributed by atoms with Crippen molar-refractivity contribution in [3.05, 3.63) is 58.7 Å². The van der Waals surface area contributed by atoms with Gasteiger partial charge >= 0.3 is 0 Å². The van der Waals surface area contributed by atoms with E-state index in [0.29, 0.717) is 22.9 Å². The van der Waals surface area contributed by atoms with Crippen LogP contribution in [-0.2, 0) is 6.42 Å². The van der Waals surface area contributed by atoms with E-state index in [9.17, 15) is 0 Å². The molecule has 2 aromatic carbocycles. The number of aliphatic imine (C=N–C) groups is 1. The van der Waals surface area contributed by atoms with Crippen LogP contribution in [-0.4, -0.2) is 25.3 Å². The fourth-order valence-corrected chi connectivity index (χ4v) is 3.74. The zero-order valence-electron chi connectivity index (χ0n) is 16.4. The largest absolute Gasteiger partial charge is 0.455 e. The number of hydrogen-bond donors (Lipinski definition) is 1. The van der Waals surface area contributed by atoms with Gasteiger partial charge in [-0.25, -0.2) is 0 Å². The van der Waals surface area contributed by atoms with Gasteiger partial charge in [0.1, 0.15) is 11.5 Å². The molecule has 4 nitrogen and oxygen atoms in total. The zero-order valence-corrected chi connectivity index (χ0v) is 17.1. The molecule has 2 aliphatic rings. The van der Waals surface area contributed by atoms with E-state index in [0.717, 1.165) is 42.6 Å². The third kappa shape index (κ3) is 3.74. The second-order valence-electron chi connectivity index (χ2n) is 7.60. The number of allylic oxidation sites excluding steroid dienone is 1. The summed E-state index contributed by atoms with van der Waals surface area (Å²) in [6, 6.07) is 12.7. The first-order valence-electron chi connectivity index (χ1n) is 9.85. The summed E-state index contributed by atoms with van der Waals surface area (Å²) >= 11 is 6.38. The van der Waals surface area contributed by atoms with Crippen molar-refractivity contribution in [1.29, 1.82) is 0 Å². The van der Waals surface area contributed by atoms with Crippen LogP contribution in [0.25, 0.3) is 5.57 Å². The van der Waals surface area contributed by atoms with E-state index in [1.54, 1.807) is 6.20 Å². The predicted octanol–water partition coefficient (Wildman–Crippen LogP) is 5.44. The highest BCUT2D eigenvalue weighted by Gasteiger charge is 2.26. The van der Waals surface area contributed by atoms with E-state index in [-0.39, 0.29) is 0 Å². The lowest BCUT2D eigenvalue weighted by molar-refractivity contribution is 0.467. The normalized spacial score (nSPS) is 19.8. The maximum Gasteiger partial charge on any atom is 0.146 e. The summed E-state index contributed by atoms with van der Waals surface area (Å²) in [6.07, 6.45) is 7.83. The number of nitrogens with zero attached hydrogens (tertiary/aromatic N) is 2. The first-order chi connectivity index (χ1) is 13.6. The topological polar surface area (TPSA) is 50.9 Å². The Kier molecular flexibility index (Phi) is 5.31. The lowest BCUT2D eigenvalue weighted by Gasteiger charge is -2.35. The number of para-hydroxylation sites is 1. The average Bonchev–Trinajstić information content (AvgIpc) is 3.52. The van der Waals surface area contributed by atoms with E-state index < -0.39 is 0 Å². The number of ether oxygens (including phenoxy) is 1. The lowest BCUT2D eigenvalue weighted by Crippen LogP contribution is -2.33. The average molecular weight is 396 g/mol. The van der Waals surface area contributed by atoms with Crippen molar-refractivity contribution < 1.29 is 4.74 Å². The first kappa shape index (κ1) is 18.9. The van der Waals surface area contributed by atoms with E-state index >= 15 is 0 Å². The number of halogens is 1. The summed E-state index contributed by atoms with van der Waals surface area (Å²) in [4.78, 5) is 6.93. The van der Waals surface area contributed by atoms with Crippen LogP contribution in [0.1, 0.15) is 37.3 Å². The molecular formula is C23H26ClN3O. The van der Waals surface area contributed by atoms with Crippen LogP contribution >= 0.6 is 11.6 Å². The molecule has 1 unspecified atom stereocenters. The molecule has 1 aliphatic carbocycles. The van der Waals surface area contributed by atoms with Crippen molar-refractivity contribution in [1.82, 2.24) is 0 Å². The fraction of sp³-hybridized carbons (Fsp3) is 0.348. The van der Waals surface area contributed by atoms with Crippen molar-refractivity contribution in [3.63, 3.8) is 0 Å². The molecule has 0 bridgehead atoms. The van der Waals surface area contributed by atoms with Crippen LogP contribution in [0.4, 0.5) is 5.69 Å². The van der Waals surface area contributed by atoms with Gasteiger partial charge in [-0.05, 0) is 56.9 Å². The van der Waals surface area contributed by atoms with Gasteiger partial charge < -0.3 is 15.4 Å².